The first-order valence-electron chi connectivity index (χ1n) is 7.02. The molecule has 0 aliphatic rings. The van der Waals surface area contributed by atoms with Crippen molar-refractivity contribution in [1.29, 1.82) is 0 Å². The fourth-order valence-electron chi connectivity index (χ4n) is 2.15. The number of carboxylic acid groups (broad SMARTS) is 1. The molecule has 0 atom stereocenters. The third-order valence-corrected chi connectivity index (χ3v) is 3.45. The molecule has 2 heterocycles. The van der Waals surface area contributed by atoms with Gasteiger partial charge in [0.2, 0.25) is 11.8 Å². The maximum absolute atomic E-state index is 12.1. The van der Waals surface area contributed by atoms with Gasteiger partial charge in [-0.05, 0) is 25.0 Å². The molecule has 0 aliphatic heterocycles. The molecule has 0 bridgehead atoms. The van der Waals surface area contributed by atoms with E-state index in [2.05, 4.69) is 15.5 Å². The van der Waals surface area contributed by atoms with Crippen LogP contribution in [0.4, 0.5) is 5.88 Å². The van der Waals surface area contributed by atoms with Crippen LogP contribution in [0.2, 0.25) is 0 Å². The molecule has 2 aromatic rings. The van der Waals surface area contributed by atoms with Gasteiger partial charge in [-0.2, -0.15) is 0 Å². The van der Waals surface area contributed by atoms with Crippen LogP contribution >= 0.6 is 0 Å². The van der Waals surface area contributed by atoms with Crippen LogP contribution in [0.25, 0.3) is 11.3 Å². The highest BCUT2D eigenvalue weighted by Crippen LogP contribution is 2.29. The second-order valence-electron chi connectivity index (χ2n) is 4.78. The minimum atomic E-state index is -1.21. The number of anilines is 1. The number of aromatic carboxylic acids is 1. The van der Waals surface area contributed by atoms with Gasteiger partial charge in [0, 0.05) is 23.9 Å². The summed E-state index contributed by atoms with van der Waals surface area (Å²) in [6.45, 7) is 3.79. The topological polar surface area (TPSA) is 105 Å². The number of carbonyl (C=O) groups is 2. The van der Waals surface area contributed by atoms with E-state index in [4.69, 9.17) is 4.52 Å². The van der Waals surface area contributed by atoms with Crippen LogP contribution in [0.5, 0.6) is 0 Å². The van der Waals surface area contributed by atoms with Crippen LogP contribution < -0.4 is 5.32 Å². The number of nitrogens with one attached hydrogen (secondary N) is 1. The summed E-state index contributed by atoms with van der Waals surface area (Å²) in [7, 11) is 0. The van der Waals surface area contributed by atoms with Crippen molar-refractivity contribution in [2.75, 3.05) is 5.32 Å². The zero-order valence-corrected chi connectivity index (χ0v) is 12.4. The van der Waals surface area contributed by atoms with Crippen molar-refractivity contribution in [3.8, 4) is 11.3 Å². The highest BCUT2D eigenvalue weighted by Gasteiger charge is 2.26. The Bertz CT molecular complexity index is 663. The van der Waals surface area contributed by atoms with Gasteiger partial charge in [-0.15, -0.1) is 0 Å². The van der Waals surface area contributed by atoms with Crippen molar-refractivity contribution < 1.29 is 19.2 Å². The molecule has 0 spiro atoms. The van der Waals surface area contributed by atoms with Crippen molar-refractivity contribution in [2.24, 2.45) is 5.92 Å². The van der Waals surface area contributed by atoms with Gasteiger partial charge < -0.3 is 9.63 Å². The fraction of sp³-hybridized carbons (Fsp3) is 0.333. The largest absolute Gasteiger partial charge is 0.477 e. The van der Waals surface area contributed by atoms with Crippen molar-refractivity contribution in [1.82, 2.24) is 10.1 Å². The van der Waals surface area contributed by atoms with E-state index in [-0.39, 0.29) is 29.0 Å². The molecule has 0 saturated heterocycles. The lowest BCUT2D eigenvalue weighted by atomic mass is 10.0. The van der Waals surface area contributed by atoms with E-state index in [0.717, 1.165) is 0 Å². The fourth-order valence-corrected chi connectivity index (χ4v) is 2.15. The molecular weight excluding hydrogens is 286 g/mol. The van der Waals surface area contributed by atoms with Gasteiger partial charge in [0.25, 0.3) is 0 Å². The molecular formula is C15H17N3O4. The Morgan fingerprint density at radius 1 is 1.27 bits per heavy atom. The number of aromatic nitrogens is 2. The Labute approximate surface area is 127 Å². The summed E-state index contributed by atoms with van der Waals surface area (Å²) < 4.78 is 5.04. The summed E-state index contributed by atoms with van der Waals surface area (Å²) in [5.41, 5.74) is 0.555. The van der Waals surface area contributed by atoms with Crippen LogP contribution in [0.1, 0.15) is 37.0 Å². The van der Waals surface area contributed by atoms with Crippen LogP contribution in [-0.2, 0) is 4.79 Å². The van der Waals surface area contributed by atoms with Crippen molar-refractivity contribution in [2.45, 2.75) is 26.7 Å². The normalized spacial score (nSPS) is 10.7. The first-order chi connectivity index (χ1) is 10.6. The van der Waals surface area contributed by atoms with E-state index in [9.17, 15) is 14.7 Å². The Balaban J connectivity index is 2.36. The van der Waals surface area contributed by atoms with E-state index in [1.807, 2.05) is 13.8 Å². The zero-order valence-electron chi connectivity index (χ0n) is 12.4. The van der Waals surface area contributed by atoms with Gasteiger partial charge in [0.05, 0.1) is 0 Å². The van der Waals surface area contributed by atoms with Gasteiger partial charge in [0.1, 0.15) is 5.69 Å². The average Bonchev–Trinajstić information content (AvgIpc) is 2.93. The Morgan fingerprint density at radius 2 is 1.91 bits per heavy atom. The molecule has 0 saturated carbocycles. The van der Waals surface area contributed by atoms with Crippen LogP contribution in [-0.4, -0.2) is 27.1 Å². The molecule has 2 aromatic heterocycles. The van der Waals surface area contributed by atoms with Gasteiger partial charge in [-0.25, -0.2) is 4.79 Å². The van der Waals surface area contributed by atoms with E-state index in [0.29, 0.717) is 18.4 Å². The lowest BCUT2D eigenvalue weighted by molar-refractivity contribution is -0.120. The van der Waals surface area contributed by atoms with Crippen molar-refractivity contribution in [3.05, 3.63) is 30.1 Å². The predicted octanol–water partition coefficient (Wildman–Crippen LogP) is 2.81. The predicted molar refractivity (Wildman–Crippen MR) is 79.4 cm³/mol. The minimum Gasteiger partial charge on any atom is -0.477 e. The molecule has 7 nitrogen and oxygen atoms in total. The van der Waals surface area contributed by atoms with Crippen LogP contribution in [0.3, 0.4) is 0 Å². The molecule has 7 heteroatoms. The second kappa shape index (κ2) is 6.84. The number of carboxylic acids is 1. The van der Waals surface area contributed by atoms with Crippen LogP contribution in [0, 0.1) is 5.92 Å². The number of pyridine rings is 1. The average molecular weight is 303 g/mol. The molecule has 0 aromatic carbocycles. The number of nitrogens with zero attached hydrogens (tertiary/aromatic N) is 2. The summed E-state index contributed by atoms with van der Waals surface area (Å²) in [6, 6.07) is 3.24. The molecule has 0 fully saturated rings. The Kier molecular flexibility index (Phi) is 4.88. The van der Waals surface area contributed by atoms with Gasteiger partial charge in [-0.3, -0.25) is 15.1 Å². The number of rotatable bonds is 6. The van der Waals surface area contributed by atoms with Gasteiger partial charge >= 0.3 is 5.97 Å². The van der Waals surface area contributed by atoms with E-state index in [1.165, 1.54) is 12.4 Å². The van der Waals surface area contributed by atoms with Crippen molar-refractivity contribution in [3.63, 3.8) is 0 Å². The number of hydrogen-bond acceptors (Lipinski definition) is 5. The molecule has 2 N–H and O–H groups in total. The Hall–Kier alpha value is -2.70. The first-order valence-corrected chi connectivity index (χ1v) is 7.02. The molecule has 2 rings (SSSR count). The third kappa shape index (κ3) is 3.13. The van der Waals surface area contributed by atoms with E-state index < -0.39 is 5.97 Å². The summed E-state index contributed by atoms with van der Waals surface area (Å²) in [4.78, 5) is 27.5. The highest BCUT2D eigenvalue weighted by atomic mass is 16.5. The SMILES string of the molecule is CCC(CC)C(=O)Nc1onc(-c2ccncc2)c1C(=O)O. The summed E-state index contributed by atoms with van der Waals surface area (Å²) >= 11 is 0. The third-order valence-electron chi connectivity index (χ3n) is 3.45. The first kappa shape index (κ1) is 15.7. The monoisotopic (exact) mass is 303 g/mol. The maximum atomic E-state index is 12.1. The number of amides is 1. The number of hydrogen-bond donors (Lipinski definition) is 2. The number of carbonyl (C=O) groups excluding carboxylic acids is 1. The van der Waals surface area contributed by atoms with Crippen LogP contribution in [0.15, 0.2) is 29.0 Å². The maximum Gasteiger partial charge on any atom is 0.343 e. The summed E-state index contributed by atoms with van der Waals surface area (Å²) in [5, 5.41) is 15.7. The molecule has 22 heavy (non-hydrogen) atoms. The smallest absolute Gasteiger partial charge is 0.343 e. The quantitative estimate of drug-likeness (QED) is 0.850. The van der Waals surface area contributed by atoms with Gasteiger partial charge in [0.15, 0.2) is 5.56 Å². The zero-order chi connectivity index (χ0) is 16.1. The van der Waals surface area contributed by atoms with E-state index >= 15 is 0 Å². The Morgan fingerprint density at radius 3 is 2.45 bits per heavy atom. The second-order valence-corrected chi connectivity index (χ2v) is 4.78. The lowest BCUT2D eigenvalue weighted by Gasteiger charge is -2.10. The van der Waals surface area contributed by atoms with Crippen molar-refractivity contribution >= 4 is 17.8 Å². The van der Waals surface area contributed by atoms with Gasteiger partial charge in [-0.1, -0.05) is 19.0 Å². The minimum absolute atomic E-state index is 0.142. The highest BCUT2D eigenvalue weighted by molar-refractivity contribution is 6.03. The standard InChI is InChI=1S/C15H17N3O4/c1-3-9(4-2)13(19)17-14-11(15(20)21)12(18-22-14)10-5-7-16-8-6-10/h5-9H,3-4H2,1-2H3,(H,17,19)(H,20,21). The molecule has 116 valence electrons. The van der Waals surface area contributed by atoms with E-state index in [1.54, 1.807) is 12.1 Å². The molecule has 0 unspecified atom stereocenters. The summed E-state index contributed by atoms with van der Waals surface area (Å²) in [6.07, 6.45) is 4.38. The lowest BCUT2D eigenvalue weighted by Crippen LogP contribution is -2.22. The molecule has 1 amide bonds. The summed E-state index contributed by atoms with van der Waals surface area (Å²) in [5.74, 6) is -1.83. The molecule has 0 aliphatic carbocycles. The molecule has 0 radical (unpaired) electrons.